The van der Waals surface area contributed by atoms with Gasteiger partial charge in [0.25, 0.3) is 0 Å². The highest BCUT2D eigenvalue weighted by Crippen LogP contribution is 2.34. The van der Waals surface area contributed by atoms with Crippen LogP contribution in [-0.4, -0.2) is 65.7 Å². The van der Waals surface area contributed by atoms with Gasteiger partial charge in [-0.2, -0.15) is 15.2 Å². The summed E-state index contributed by atoms with van der Waals surface area (Å²) < 4.78 is 11.6. The molecular formula is C23H23N7O3. The number of carbonyl (C=O) groups excluding carboxylic acids is 1. The van der Waals surface area contributed by atoms with Crippen LogP contribution in [0.25, 0.3) is 10.9 Å². The molecule has 2 aliphatic heterocycles. The summed E-state index contributed by atoms with van der Waals surface area (Å²) in [6.07, 6.45) is 1.64. The summed E-state index contributed by atoms with van der Waals surface area (Å²) >= 11 is 0. The third-order valence-corrected chi connectivity index (χ3v) is 5.78. The van der Waals surface area contributed by atoms with E-state index in [4.69, 9.17) is 9.47 Å². The van der Waals surface area contributed by atoms with E-state index in [2.05, 4.69) is 26.3 Å². The number of carbonyl (C=O) groups is 1. The first-order valence-corrected chi connectivity index (χ1v) is 10.8. The van der Waals surface area contributed by atoms with E-state index in [9.17, 15) is 10.1 Å². The molecule has 0 aliphatic carbocycles. The smallest absolute Gasteiger partial charge is 0.319 e. The van der Waals surface area contributed by atoms with Crippen molar-refractivity contribution < 1.29 is 14.3 Å². The maximum atomic E-state index is 12.6. The number of nitriles is 1. The number of benzene rings is 1. The fourth-order valence-electron chi connectivity index (χ4n) is 4.06. The first-order chi connectivity index (χ1) is 16.0. The van der Waals surface area contributed by atoms with Gasteiger partial charge in [0.05, 0.1) is 29.9 Å². The number of nitrogens with zero attached hydrogens (tertiary/aromatic N) is 6. The minimum Gasteiger partial charge on any atom is -0.488 e. The molecule has 1 aromatic carbocycles. The van der Waals surface area contributed by atoms with Crippen LogP contribution in [0.15, 0.2) is 30.5 Å². The SMILES string of the molecule is C[C@H]1Nc2nc(nc3cnc(N4CCN(C)CC4=O)cc23)OCCOc2c(C#N)cccc21. The number of likely N-dealkylation sites (N-methyl/N-ethyl adjacent to an activating group) is 1. The van der Waals surface area contributed by atoms with E-state index < -0.39 is 0 Å². The molecule has 0 saturated carbocycles. The Morgan fingerprint density at radius 1 is 1.21 bits per heavy atom. The minimum atomic E-state index is -0.223. The number of para-hydroxylation sites is 1. The Bertz CT molecular complexity index is 1270. The van der Waals surface area contributed by atoms with Crippen molar-refractivity contribution in [2.45, 2.75) is 13.0 Å². The summed E-state index contributed by atoms with van der Waals surface area (Å²) in [5, 5.41) is 13.7. The van der Waals surface area contributed by atoms with Crippen LogP contribution in [0, 0.1) is 11.3 Å². The summed E-state index contributed by atoms with van der Waals surface area (Å²) in [6.45, 7) is 4.13. The zero-order valence-electron chi connectivity index (χ0n) is 18.4. The molecule has 3 aromatic rings. The number of hydrogen-bond donors (Lipinski definition) is 1. The van der Waals surface area contributed by atoms with Gasteiger partial charge in [-0.05, 0) is 26.1 Å². The van der Waals surface area contributed by atoms with Crippen LogP contribution in [0.1, 0.15) is 24.1 Å². The lowest BCUT2D eigenvalue weighted by Crippen LogP contribution is -2.49. The molecule has 0 radical (unpaired) electrons. The number of hydrogen-bond acceptors (Lipinski definition) is 9. The third-order valence-electron chi connectivity index (χ3n) is 5.78. The number of fused-ring (bicyclic) bond motifs is 5. The average molecular weight is 445 g/mol. The predicted molar refractivity (Wildman–Crippen MR) is 121 cm³/mol. The lowest BCUT2D eigenvalue weighted by atomic mass is 10.0. The normalized spacial score (nSPS) is 18.9. The van der Waals surface area contributed by atoms with E-state index >= 15 is 0 Å². The number of anilines is 2. The first kappa shape index (κ1) is 20.9. The van der Waals surface area contributed by atoms with Crippen LogP contribution in [0.3, 0.4) is 0 Å². The standard InChI is InChI=1S/C23H23N7O3/c1-14-16-5-3-4-15(11-24)21(16)32-8-9-33-23-27-18-12-25-19(10-17(18)22(26-14)28-23)30-7-6-29(2)13-20(30)31/h3-5,10,12,14H,6-9,13H2,1-2H3,(H,26,27,28)/t14-/m1/s1. The number of amides is 1. The molecule has 2 aromatic heterocycles. The van der Waals surface area contributed by atoms with E-state index in [0.717, 1.165) is 17.5 Å². The van der Waals surface area contributed by atoms with E-state index in [1.54, 1.807) is 17.2 Å². The van der Waals surface area contributed by atoms with Crippen LogP contribution < -0.4 is 19.7 Å². The minimum absolute atomic E-state index is 0.000324. The van der Waals surface area contributed by atoms with Crippen molar-refractivity contribution >= 4 is 28.4 Å². The quantitative estimate of drug-likeness (QED) is 0.601. The average Bonchev–Trinajstić information content (AvgIpc) is 2.83. The number of rotatable bonds is 1. The molecule has 1 fully saturated rings. The van der Waals surface area contributed by atoms with Crippen molar-refractivity contribution in [2.75, 3.05) is 50.1 Å². The zero-order valence-corrected chi connectivity index (χ0v) is 18.4. The van der Waals surface area contributed by atoms with Crippen LogP contribution >= 0.6 is 0 Å². The van der Waals surface area contributed by atoms with Gasteiger partial charge in [-0.25, -0.2) is 4.98 Å². The Morgan fingerprint density at radius 3 is 2.88 bits per heavy atom. The maximum absolute atomic E-state index is 12.6. The second-order valence-electron chi connectivity index (χ2n) is 8.10. The largest absolute Gasteiger partial charge is 0.488 e. The van der Waals surface area contributed by atoms with Gasteiger partial charge in [0.15, 0.2) is 0 Å². The number of piperazine rings is 1. The molecule has 0 spiro atoms. The van der Waals surface area contributed by atoms with Crippen molar-refractivity contribution in [3.05, 3.63) is 41.6 Å². The van der Waals surface area contributed by atoms with Gasteiger partial charge in [-0.1, -0.05) is 12.1 Å². The van der Waals surface area contributed by atoms with Crippen LogP contribution in [-0.2, 0) is 4.79 Å². The molecule has 10 heteroatoms. The van der Waals surface area contributed by atoms with Crippen molar-refractivity contribution in [1.29, 1.82) is 5.26 Å². The number of aromatic nitrogens is 3. The second kappa shape index (κ2) is 8.52. The summed E-state index contributed by atoms with van der Waals surface area (Å²) in [5.41, 5.74) is 1.90. The molecule has 0 unspecified atom stereocenters. The Balaban J connectivity index is 1.58. The monoisotopic (exact) mass is 445 g/mol. The summed E-state index contributed by atoms with van der Waals surface area (Å²) in [6, 6.07) is 9.49. The Labute approximate surface area is 190 Å². The van der Waals surface area contributed by atoms with Gasteiger partial charge in [0.1, 0.15) is 36.7 Å². The van der Waals surface area contributed by atoms with E-state index in [1.807, 2.05) is 37.1 Å². The molecule has 5 rings (SSSR count). The first-order valence-electron chi connectivity index (χ1n) is 10.8. The molecule has 1 saturated heterocycles. The van der Waals surface area contributed by atoms with Gasteiger partial charge in [-0.15, -0.1) is 0 Å². The van der Waals surface area contributed by atoms with Gasteiger partial charge in [-0.3, -0.25) is 14.6 Å². The predicted octanol–water partition coefficient (Wildman–Crippen LogP) is 2.12. The number of pyridine rings is 1. The Kier molecular flexibility index (Phi) is 5.40. The van der Waals surface area contributed by atoms with Crippen LogP contribution in [0.5, 0.6) is 11.8 Å². The summed E-state index contributed by atoms with van der Waals surface area (Å²) in [5.74, 6) is 1.65. The molecule has 1 atom stereocenters. The van der Waals surface area contributed by atoms with E-state index in [-0.39, 0.29) is 31.2 Å². The van der Waals surface area contributed by atoms with E-state index in [0.29, 0.717) is 41.6 Å². The molecular weight excluding hydrogens is 422 g/mol. The zero-order chi connectivity index (χ0) is 22.9. The topological polar surface area (TPSA) is 116 Å². The lowest BCUT2D eigenvalue weighted by molar-refractivity contribution is -0.120. The molecule has 4 heterocycles. The fourth-order valence-corrected chi connectivity index (χ4v) is 4.06. The fraction of sp³-hybridized carbons (Fsp3) is 0.348. The van der Waals surface area contributed by atoms with Crippen molar-refractivity contribution in [3.8, 4) is 17.8 Å². The highest BCUT2D eigenvalue weighted by atomic mass is 16.5. The Morgan fingerprint density at radius 2 is 2.06 bits per heavy atom. The molecule has 2 bridgehead atoms. The molecule has 168 valence electrons. The number of nitrogens with one attached hydrogen (secondary N) is 1. The molecule has 1 N–H and O–H groups in total. The molecule has 10 nitrogen and oxygen atoms in total. The van der Waals surface area contributed by atoms with Crippen molar-refractivity contribution in [3.63, 3.8) is 0 Å². The molecule has 1 amide bonds. The van der Waals surface area contributed by atoms with Crippen LogP contribution in [0.2, 0.25) is 0 Å². The lowest BCUT2D eigenvalue weighted by Gasteiger charge is -2.31. The summed E-state index contributed by atoms with van der Waals surface area (Å²) in [7, 11) is 1.92. The van der Waals surface area contributed by atoms with Gasteiger partial charge in [0, 0.05) is 24.0 Å². The third kappa shape index (κ3) is 3.99. The summed E-state index contributed by atoms with van der Waals surface area (Å²) in [4.78, 5) is 29.8. The number of ether oxygens (including phenoxy) is 2. The van der Waals surface area contributed by atoms with Crippen LogP contribution in [0.4, 0.5) is 11.6 Å². The van der Waals surface area contributed by atoms with Gasteiger partial charge in [0.2, 0.25) is 5.91 Å². The van der Waals surface area contributed by atoms with Gasteiger partial charge < -0.3 is 14.8 Å². The molecule has 33 heavy (non-hydrogen) atoms. The highest BCUT2D eigenvalue weighted by molar-refractivity contribution is 5.98. The van der Waals surface area contributed by atoms with Crippen molar-refractivity contribution in [2.24, 2.45) is 0 Å². The Hall–Kier alpha value is -3.97. The van der Waals surface area contributed by atoms with E-state index in [1.165, 1.54) is 0 Å². The highest BCUT2D eigenvalue weighted by Gasteiger charge is 2.25. The second-order valence-corrected chi connectivity index (χ2v) is 8.10. The van der Waals surface area contributed by atoms with Crippen molar-refractivity contribution in [1.82, 2.24) is 19.9 Å². The van der Waals surface area contributed by atoms with Gasteiger partial charge >= 0.3 is 6.01 Å². The maximum Gasteiger partial charge on any atom is 0.319 e. The molecule has 2 aliphatic rings.